The largest absolute Gasteiger partial charge is 0.453 e. The first-order valence-corrected chi connectivity index (χ1v) is 10.1. The molecule has 0 radical (unpaired) electrons. The molecule has 26 heavy (non-hydrogen) atoms. The lowest BCUT2D eigenvalue weighted by Gasteiger charge is -2.57. The van der Waals surface area contributed by atoms with E-state index < -0.39 is 6.10 Å². The molecule has 0 spiro atoms. The molecule has 0 saturated heterocycles. The maximum Gasteiger partial charge on any atom is 0.306 e. The molecular formula is C22H29NO3. The number of hydrogen-bond acceptors (Lipinski definition) is 3. The van der Waals surface area contributed by atoms with Gasteiger partial charge in [0, 0.05) is 12.0 Å². The molecule has 4 heteroatoms. The Morgan fingerprint density at radius 1 is 1.08 bits per heavy atom. The molecule has 0 aliphatic heterocycles. The van der Waals surface area contributed by atoms with E-state index >= 15 is 0 Å². The maximum atomic E-state index is 12.6. The van der Waals surface area contributed by atoms with Crippen LogP contribution in [0.1, 0.15) is 57.4 Å². The van der Waals surface area contributed by atoms with E-state index in [1.165, 1.54) is 19.3 Å². The van der Waals surface area contributed by atoms with E-state index in [1.54, 1.807) is 6.92 Å². The van der Waals surface area contributed by atoms with E-state index in [1.807, 2.05) is 30.3 Å². The first-order chi connectivity index (χ1) is 12.5. The van der Waals surface area contributed by atoms with Crippen LogP contribution in [0.3, 0.4) is 0 Å². The minimum atomic E-state index is -0.716. The second kappa shape index (κ2) is 7.05. The number of aryl methyl sites for hydroxylation is 1. The topological polar surface area (TPSA) is 55.4 Å². The predicted octanol–water partition coefficient (Wildman–Crippen LogP) is 3.64. The summed E-state index contributed by atoms with van der Waals surface area (Å²) >= 11 is 0. The second-order valence-corrected chi connectivity index (χ2v) is 8.80. The lowest BCUT2D eigenvalue weighted by atomic mass is 9.53. The van der Waals surface area contributed by atoms with Gasteiger partial charge in [-0.1, -0.05) is 30.3 Å². The Morgan fingerprint density at radius 3 is 2.23 bits per heavy atom. The number of benzene rings is 1. The van der Waals surface area contributed by atoms with Gasteiger partial charge in [-0.05, 0) is 75.2 Å². The molecule has 5 rings (SSSR count). The average molecular weight is 355 g/mol. The quantitative estimate of drug-likeness (QED) is 0.793. The number of carbonyl (C=O) groups excluding carboxylic acids is 2. The van der Waals surface area contributed by atoms with E-state index in [9.17, 15) is 9.59 Å². The highest BCUT2D eigenvalue weighted by molar-refractivity contribution is 5.84. The molecule has 1 aromatic rings. The van der Waals surface area contributed by atoms with Crippen molar-refractivity contribution < 1.29 is 14.3 Å². The van der Waals surface area contributed by atoms with Gasteiger partial charge in [0.2, 0.25) is 0 Å². The van der Waals surface area contributed by atoms with E-state index in [2.05, 4.69) is 5.32 Å². The highest BCUT2D eigenvalue weighted by Crippen LogP contribution is 2.55. The molecule has 4 bridgehead atoms. The van der Waals surface area contributed by atoms with Crippen molar-refractivity contribution in [2.75, 3.05) is 0 Å². The van der Waals surface area contributed by atoms with Crippen LogP contribution < -0.4 is 5.32 Å². The lowest BCUT2D eigenvalue weighted by Crippen LogP contribution is -2.61. The molecule has 4 fully saturated rings. The molecule has 4 aliphatic rings. The Morgan fingerprint density at radius 2 is 1.65 bits per heavy atom. The number of nitrogens with one attached hydrogen (secondary N) is 1. The summed E-state index contributed by atoms with van der Waals surface area (Å²) in [6.07, 6.45) is 7.60. The second-order valence-electron chi connectivity index (χ2n) is 8.80. The summed E-state index contributed by atoms with van der Waals surface area (Å²) in [5.41, 5.74) is 1.08. The van der Waals surface area contributed by atoms with Gasteiger partial charge in [0.05, 0.1) is 0 Å². The van der Waals surface area contributed by atoms with Crippen LogP contribution in [-0.4, -0.2) is 23.5 Å². The normalized spacial score (nSPS) is 32.9. The first-order valence-electron chi connectivity index (χ1n) is 10.1. The molecular weight excluding hydrogens is 326 g/mol. The van der Waals surface area contributed by atoms with Gasteiger partial charge in [0.25, 0.3) is 5.91 Å². The van der Waals surface area contributed by atoms with Crippen LogP contribution in [0.2, 0.25) is 0 Å². The van der Waals surface area contributed by atoms with Crippen molar-refractivity contribution in [2.24, 2.45) is 17.8 Å². The highest BCUT2D eigenvalue weighted by atomic mass is 16.5. The van der Waals surface area contributed by atoms with Crippen molar-refractivity contribution in [2.45, 2.75) is 69.9 Å². The van der Waals surface area contributed by atoms with Crippen LogP contribution in [0.4, 0.5) is 0 Å². The van der Waals surface area contributed by atoms with Gasteiger partial charge in [0.15, 0.2) is 6.10 Å². The fourth-order valence-corrected chi connectivity index (χ4v) is 5.83. The number of esters is 1. The van der Waals surface area contributed by atoms with Crippen LogP contribution in [0.5, 0.6) is 0 Å². The maximum absolute atomic E-state index is 12.6. The molecule has 4 saturated carbocycles. The standard InChI is InChI=1S/C22H29NO3/c1-15(26-20(24)8-7-16-5-3-2-4-6-16)21(25)23-22-12-17-9-18(13-22)11-19(10-17)14-22/h2-6,15,17-19H,7-14H2,1H3,(H,23,25)/t15-,17?,18?,19?,22?/m0/s1. The Hall–Kier alpha value is -1.84. The molecule has 0 heterocycles. The number of ether oxygens (including phenoxy) is 1. The smallest absolute Gasteiger partial charge is 0.306 e. The lowest BCUT2D eigenvalue weighted by molar-refractivity contribution is -0.156. The SMILES string of the molecule is C[C@H](OC(=O)CCc1ccccc1)C(=O)NC12CC3CC(CC(C3)C1)C2. The van der Waals surface area contributed by atoms with E-state index in [0.717, 1.165) is 42.6 Å². The molecule has 4 aliphatic carbocycles. The summed E-state index contributed by atoms with van der Waals surface area (Å²) in [5.74, 6) is 1.92. The zero-order valence-corrected chi connectivity index (χ0v) is 15.6. The summed E-state index contributed by atoms with van der Waals surface area (Å²) in [6, 6.07) is 9.87. The van der Waals surface area contributed by atoms with Crippen molar-refractivity contribution in [3.8, 4) is 0 Å². The average Bonchev–Trinajstić information content (AvgIpc) is 2.59. The van der Waals surface area contributed by atoms with E-state index in [-0.39, 0.29) is 17.4 Å². The Labute approximate surface area is 155 Å². The molecule has 1 atom stereocenters. The van der Waals surface area contributed by atoms with Gasteiger partial charge in [-0.15, -0.1) is 0 Å². The molecule has 0 aromatic heterocycles. The molecule has 4 nitrogen and oxygen atoms in total. The summed E-state index contributed by atoms with van der Waals surface area (Å²) in [4.78, 5) is 24.7. The van der Waals surface area contributed by atoms with Gasteiger partial charge >= 0.3 is 5.97 Å². The first kappa shape index (κ1) is 17.6. The number of rotatable bonds is 6. The number of hydrogen-bond donors (Lipinski definition) is 1. The minimum Gasteiger partial charge on any atom is -0.453 e. The number of amides is 1. The van der Waals surface area contributed by atoms with Crippen molar-refractivity contribution in [3.63, 3.8) is 0 Å². The van der Waals surface area contributed by atoms with Crippen molar-refractivity contribution >= 4 is 11.9 Å². The van der Waals surface area contributed by atoms with Gasteiger partial charge in [0.1, 0.15) is 0 Å². The van der Waals surface area contributed by atoms with Crippen LogP contribution in [0.25, 0.3) is 0 Å². The fraction of sp³-hybridized carbons (Fsp3) is 0.636. The van der Waals surface area contributed by atoms with Crippen LogP contribution in [0, 0.1) is 17.8 Å². The van der Waals surface area contributed by atoms with Crippen LogP contribution >= 0.6 is 0 Å². The summed E-state index contributed by atoms with van der Waals surface area (Å²) in [5, 5.41) is 3.29. The third kappa shape index (κ3) is 3.79. The zero-order chi connectivity index (χ0) is 18.1. The molecule has 140 valence electrons. The third-order valence-electron chi connectivity index (χ3n) is 6.56. The molecule has 1 N–H and O–H groups in total. The van der Waals surface area contributed by atoms with E-state index in [0.29, 0.717) is 12.8 Å². The van der Waals surface area contributed by atoms with Gasteiger partial charge < -0.3 is 10.1 Å². The van der Waals surface area contributed by atoms with Crippen LogP contribution in [0.15, 0.2) is 30.3 Å². The monoisotopic (exact) mass is 355 g/mol. The third-order valence-corrected chi connectivity index (χ3v) is 6.56. The van der Waals surface area contributed by atoms with Gasteiger partial charge in [-0.3, -0.25) is 9.59 Å². The summed E-state index contributed by atoms with van der Waals surface area (Å²) in [6.45, 7) is 1.69. The van der Waals surface area contributed by atoms with Gasteiger partial charge in [-0.2, -0.15) is 0 Å². The van der Waals surface area contributed by atoms with Crippen molar-refractivity contribution in [1.82, 2.24) is 5.32 Å². The summed E-state index contributed by atoms with van der Waals surface area (Å²) < 4.78 is 5.40. The molecule has 1 aromatic carbocycles. The fourth-order valence-electron chi connectivity index (χ4n) is 5.83. The molecule has 1 amide bonds. The van der Waals surface area contributed by atoms with Crippen molar-refractivity contribution in [3.05, 3.63) is 35.9 Å². The Balaban J connectivity index is 1.27. The van der Waals surface area contributed by atoms with E-state index in [4.69, 9.17) is 4.74 Å². The highest BCUT2D eigenvalue weighted by Gasteiger charge is 2.51. The van der Waals surface area contributed by atoms with Crippen molar-refractivity contribution in [1.29, 1.82) is 0 Å². The summed E-state index contributed by atoms with van der Waals surface area (Å²) in [7, 11) is 0. The Bertz CT molecular complexity index is 634. The van der Waals surface area contributed by atoms with Crippen LogP contribution in [-0.2, 0) is 20.7 Å². The number of carbonyl (C=O) groups is 2. The Kier molecular flexibility index (Phi) is 4.76. The predicted molar refractivity (Wildman–Crippen MR) is 99.4 cm³/mol. The van der Waals surface area contributed by atoms with Gasteiger partial charge in [-0.25, -0.2) is 0 Å². The minimum absolute atomic E-state index is 0.0312. The zero-order valence-electron chi connectivity index (χ0n) is 15.6. The molecule has 0 unspecified atom stereocenters.